The Kier molecular flexibility index (Phi) is 3.59. The van der Waals surface area contributed by atoms with Crippen LogP contribution in [0.15, 0.2) is 6.33 Å². The van der Waals surface area contributed by atoms with Crippen LogP contribution in [0.2, 0.25) is 0 Å². The highest BCUT2D eigenvalue weighted by Crippen LogP contribution is 2.08. The monoisotopic (exact) mass is 251 g/mol. The molecule has 0 aromatic carbocycles. The van der Waals surface area contributed by atoms with Crippen molar-refractivity contribution in [2.75, 3.05) is 6.54 Å². The Bertz CT molecular complexity index is 456. The first-order chi connectivity index (χ1) is 8.61. The predicted octanol–water partition coefficient (Wildman–Crippen LogP) is -0.465. The van der Waals surface area contributed by atoms with E-state index in [1.807, 2.05) is 6.92 Å². The molecule has 1 aromatic rings. The van der Waals surface area contributed by atoms with Gasteiger partial charge in [-0.25, -0.2) is 9.67 Å². The summed E-state index contributed by atoms with van der Waals surface area (Å²) in [5.74, 6) is 0.578. The first-order valence-corrected chi connectivity index (χ1v) is 6.06. The lowest BCUT2D eigenvalue weighted by molar-refractivity contribution is -0.133. The summed E-state index contributed by atoms with van der Waals surface area (Å²) in [5, 5.41) is 6.72. The molecule has 0 aliphatic carbocycles. The van der Waals surface area contributed by atoms with E-state index in [9.17, 15) is 9.59 Å². The van der Waals surface area contributed by atoms with Crippen molar-refractivity contribution in [1.82, 2.24) is 25.0 Å². The summed E-state index contributed by atoms with van der Waals surface area (Å²) >= 11 is 0. The van der Waals surface area contributed by atoms with Crippen molar-refractivity contribution in [3.05, 3.63) is 12.2 Å². The first kappa shape index (κ1) is 12.5. The molecule has 0 saturated carbocycles. The maximum absolute atomic E-state index is 12.1. The van der Waals surface area contributed by atoms with Crippen LogP contribution in [0.25, 0.3) is 0 Å². The maximum Gasteiger partial charge on any atom is 0.245 e. The van der Waals surface area contributed by atoms with Crippen LogP contribution in [0.4, 0.5) is 0 Å². The van der Waals surface area contributed by atoms with Crippen LogP contribution in [0.1, 0.15) is 26.1 Å². The van der Waals surface area contributed by atoms with Gasteiger partial charge in [0.25, 0.3) is 0 Å². The fourth-order valence-corrected chi connectivity index (χ4v) is 2.00. The van der Waals surface area contributed by atoms with Gasteiger partial charge in [0.15, 0.2) is 0 Å². The number of hydrogen-bond acceptors (Lipinski definition) is 4. The highest BCUT2D eigenvalue weighted by molar-refractivity contribution is 5.89. The largest absolute Gasteiger partial charge is 0.345 e. The van der Waals surface area contributed by atoms with E-state index >= 15 is 0 Å². The van der Waals surface area contributed by atoms with Crippen molar-refractivity contribution in [2.24, 2.45) is 0 Å². The van der Waals surface area contributed by atoms with Crippen molar-refractivity contribution in [2.45, 2.75) is 39.4 Å². The summed E-state index contributed by atoms with van der Waals surface area (Å²) in [6, 6.07) is -0.474. The molecule has 1 atom stereocenters. The van der Waals surface area contributed by atoms with E-state index in [0.717, 1.165) is 5.82 Å². The van der Waals surface area contributed by atoms with Crippen molar-refractivity contribution >= 4 is 11.8 Å². The number of aryl methyl sites for hydroxylation is 1. The summed E-state index contributed by atoms with van der Waals surface area (Å²) in [6.45, 7) is 5.20. The molecular formula is C11H17N5O2. The predicted molar refractivity (Wildman–Crippen MR) is 63.3 cm³/mol. The molecule has 1 fully saturated rings. The van der Waals surface area contributed by atoms with E-state index in [0.29, 0.717) is 26.1 Å². The fourth-order valence-electron chi connectivity index (χ4n) is 2.00. The smallest absolute Gasteiger partial charge is 0.245 e. The van der Waals surface area contributed by atoms with Gasteiger partial charge in [0.1, 0.15) is 18.2 Å². The van der Waals surface area contributed by atoms with Crippen LogP contribution in [-0.4, -0.2) is 44.1 Å². The van der Waals surface area contributed by atoms with Crippen LogP contribution in [0.5, 0.6) is 0 Å². The average molecular weight is 251 g/mol. The number of rotatable bonds is 3. The van der Waals surface area contributed by atoms with Gasteiger partial charge in [-0.2, -0.15) is 5.10 Å². The molecule has 2 rings (SSSR count). The van der Waals surface area contributed by atoms with Crippen molar-refractivity contribution < 1.29 is 9.59 Å². The van der Waals surface area contributed by atoms with Gasteiger partial charge in [-0.05, 0) is 13.8 Å². The molecule has 0 bridgehead atoms. The number of carbonyl (C=O) groups excluding carboxylic acids is 2. The van der Waals surface area contributed by atoms with Gasteiger partial charge >= 0.3 is 0 Å². The number of aromatic nitrogens is 3. The maximum atomic E-state index is 12.1. The lowest BCUT2D eigenvalue weighted by atomic mass is 10.3. The van der Waals surface area contributed by atoms with Crippen LogP contribution in [-0.2, 0) is 22.7 Å². The molecule has 2 amide bonds. The fraction of sp³-hybridized carbons (Fsp3) is 0.636. The van der Waals surface area contributed by atoms with Crippen molar-refractivity contribution in [3.8, 4) is 0 Å². The summed E-state index contributed by atoms with van der Waals surface area (Å²) in [5.41, 5.74) is 0. The summed E-state index contributed by atoms with van der Waals surface area (Å²) in [4.78, 5) is 29.3. The SMILES string of the molecule is CCn1ncnc1CN1CCC(=O)NC(C)C1=O. The molecule has 18 heavy (non-hydrogen) atoms. The zero-order valence-corrected chi connectivity index (χ0v) is 10.6. The van der Waals surface area contributed by atoms with Gasteiger partial charge in [0.05, 0.1) is 6.54 Å². The summed E-state index contributed by atoms with van der Waals surface area (Å²) < 4.78 is 1.75. The zero-order chi connectivity index (χ0) is 13.1. The lowest BCUT2D eigenvalue weighted by Gasteiger charge is -2.21. The molecule has 2 heterocycles. The molecule has 0 spiro atoms. The molecule has 1 aliphatic heterocycles. The highest BCUT2D eigenvalue weighted by atomic mass is 16.2. The van der Waals surface area contributed by atoms with Crippen LogP contribution in [0.3, 0.4) is 0 Å². The second-order valence-corrected chi connectivity index (χ2v) is 4.29. The topological polar surface area (TPSA) is 80.1 Å². The second-order valence-electron chi connectivity index (χ2n) is 4.29. The van der Waals surface area contributed by atoms with Crippen molar-refractivity contribution in [1.29, 1.82) is 0 Å². The van der Waals surface area contributed by atoms with Gasteiger partial charge in [0, 0.05) is 19.5 Å². The third-order valence-corrected chi connectivity index (χ3v) is 3.00. The molecule has 1 unspecified atom stereocenters. The summed E-state index contributed by atoms with van der Waals surface area (Å²) in [6.07, 6.45) is 1.81. The standard InChI is InChI=1S/C11H17N5O2/c1-3-16-9(12-7-13-16)6-15-5-4-10(17)14-8(2)11(15)18/h7-8H,3-6H2,1-2H3,(H,14,17). The van der Waals surface area contributed by atoms with Gasteiger partial charge < -0.3 is 10.2 Å². The van der Waals surface area contributed by atoms with Gasteiger partial charge in [-0.1, -0.05) is 0 Å². The molecule has 0 radical (unpaired) electrons. The van der Waals surface area contributed by atoms with Gasteiger partial charge in [0.2, 0.25) is 11.8 Å². The Morgan fingerprint density at radius 1 is 1.50 bits per heavy atom. The van der Waals surface area contributed by atoms with E-state index in [1.54, 1.807) is 16.5 Å². The molecule has 98 valence electrons. The number of amides is 2. The molecule has 7 nitrogen and oxygen atoms in total. The molecule has 7 heteroatoms. The van der Waals surface area contributed by atoms with Crippen LogP contribution < -0.4 is 5.32 Å². The lowest BCUT2D eigenvalue weighted by Crippen LogP contribution is -2.42. The number of nitrogens with one attached hydrogen (secondary N) is 1. The minimum absolute atomic E-state index is 0.0773. The van der Waals surface area contributed by atoms with Gasteiger partial charge in [-0.15, -0.1) is 0 Å². The van der Waals surface area contributed by atoms with E-state index < -0.39 is 6.04 Å². The Hall–Kier alpha value is -1.92. The average Bonchev–Trinajstić information content (AvgIpc) is 2.75. The van der Waals surface area contributed by atoms with E-state index in [-0.39, 0.29) is 11.8 Å². The highest BCUT2D eigenvalue weighted by Gasteiger charge is 2.27. The first-order valence-electron chi connectivity index (χ1n) is 6.06. The molecule has 1 aromatic heterocycles. The van der Waals surface area contributed by atoms with Crippen LogP contribution in [0, 0.1) is 0 Å². The van der Waals surface area contributed by atoms with Crippen LogP contribution >= 0.6 is 0 Å². The third kappa shape index (κ3) is 2.49. The normalized spacial score (nSPS) is 20.8. The Labute approximate surface area is 105 Å². The molecular weight excluding hydrogens is 234 g/mol. The Morgan fingerprint density at radius 2 is 2.28 bits per heavy atom. The van der Waals surface area contributed by atoms with E-state index in [1.165, 1.54) is 6.33 Å². The second kappa shape index (κ2) is 5.16. The van der Waals surface area contributed by atoms with Gasteiger partial charge in [-0.3, -0.25) is 9.59 Å². The third-order valence-electron chi connectivity index (χ3n) is 3.00. The number of nitrogens with zero attached hydrogens (tertiary/aromatic N) is 4. The Balaban J connectivity index is 2.12. The molecule has 1 N–H and O–H groups in total. The molecule has 1 aliphatic rings. The molecule has 1 saturated heterocycles. The Morgan fingerprint density at radius 3 is 3.00 bits per heavy atom. The number of hydrogen-bond donors (Lipinski definition) is 1. The van der Waals surface area contributed by atoms with Crippen molar-refractivity contribution in [3.63, 3.8) is 0 Å². The zero-order valence-electron chi connectivity index (χ0n) is 10.6. The quantitative estimate of drug-likeness (QED) is 0.788. The number of carbonyl (C=O) groups is 2. The summed E-state index contributed by atoms with van der Waals surface area (Å²) in [7, 11) is 0. The minimum Gasteiger partial charge on any atom is -0.345 e. The van der Waals surface area contributed by atoms with E-state index in [4.69, 9.17) is 0 Å². The minimum atomic E-state index is -0.474. The van der Waals surface area contributed by atoms with E-state index in [2.05, 4.69) is 15.4 Å².